The largest absolute Gasteiger partial charge is 0.507 e. The van der Waals surface area contributed by atoms with Gasteiger partial charge < -0.3 is 14.4 Å². The van der Waals surface area contributed by atoms with Crippen LogP contribution < -0.4 is 9.64 Å². The number of benzene rings is 2. The van der Waals surface area contributed by atoms with Gasteiger partial charge >= 0.3 is 5.91 Å². The highest BCUT2D eigenvalue weighted by Gasteiger charge is 2.48. The molecule has 8 heteroatoms. The van der Waals surface area contributed by atoms with E-state index in [0.29, 0.717) is 27.7 Å². The van der Waals surface area contributed by atoms with E-state index in [1.807, 2.05) is 6.92 Å². The summed E-state index contributed by atoms with van der Waals surface area (Å²) in [5, 5.41) is 15.5. The summed E-state index contributed by atoms with van der Waals surface area (Å²) in [6.45, 7) is 3.50. The highest BCUT2D eigenvalue weighted by molar-refractivity contribution is 6.51. The topological polar surface area (TPSA) is 92.9 Å². The molecule has 1 aliphatic heterocycles. The van der Waals surface area contributed by atoms with E-state index < -0.39 is 17.7 Å². The van der Waals surface area contributed by atoms with E-state index in [2.05, 4.69) is 5.16 Å². The molecule has 1 fully saturated rings. The molecule has 158 valence electrons. The average Bonchev–Trinajstić information content (AvgIpc) is 3.28. The molecule has 3 aromatic rings. The van der Waals surface area contributed by atoms with Gasteiger partial charge in [-0.15, -0.1) is 0 Å². The second-order valence-corrected chi connectivity index (χ2v) is 7.64. The zero-order valence-electron chi connectivity index (χ0n) is 17.0. The molecule has 1 saturated heterocycles. The summed E-state index contributed by atoms with van der Waals surface area (Å²) in [4.78, 5) is 27.3. The Bertz CT molecular complexity index is 1230. The molecule has 0 bridgehead atoms. The monoisotopic (exact) mass is 438 g/mol. The number of ketones is 1. The van der Waals surface area contributed by atoms with E-state index in [4.69, 9.17) is 20.9 Å². The molecule has 1 amide bonds. The first-order chi connectivity index (χ1) is 14.8. The number of aryl methyl sites for hydroxylation is 2. The number of methoxy groups -OCH3 is 1. The van der Waals surface area contributed by atoms with E-state index in [9.17, 15) is 14.7 Å². The molecular formula is C23H19ClN2O5. The lowest BCUT2D eigenvalue weighted by atomic mass is 9.95. The highest BCUT2D eigenvalue weighted by atomic mass is 35.5. The molecule has 0 radical (unpaired) electrons. The van der Waals surface area contributed by atoms with Crippen molar-refractivity contribution in [1.29, 1.82) is 0 Å². The van der Waals surface area contributed by atoms with Gasteiger partial charge in [0.25, 0.3) is 5.78 Å². The van der Waals surface area contributed by atoms with Gasteiger partial charge in [0.1, 0.15) is 17.3 Å². The SMILES string of the molecule is COc1ccc(C(O)=C2C(=O)C(=O)N(c3cc(C)on3)[C@@H]2c2cccc(Cl)c2)cc1C. The predicted molar refractivity (Wildman–Crippen MR) is 115 cm³/mol. The summed E-state index contributed by atoms with van der Waals surface area (Å²) < 4.78 is 10.4. The molecule has 31 heavy (non-hydrogen) atoms. The van der Waals surface area contributed by atoms with Crippen molar-refractivity contribution >= 4 is 34.9 Å². The first kappa shape index (κ1) is 20.7. The summed E-state index contributed by atoms with van der Waals surface area (Å²) >= 11 is 6.18. The van der Waals surface area contributed by atoms with Gasteiger partial charge in [-0.3, -0.25) is 14.5 Å². The standard InChI is InChI=1S/C23H19ClN2O5/c1-12-9-15(7-8-17(12)30-3)21(27)19-20(14-5-4-6-16(24)11-14)26(23(29)22(19)28)18-10-13(2)31-25-18/h4-11,20,27H,1-3H3/t20-/m1/s1. The van der Waals surface area contributed by atoms with Crippen molar-refractivity contribution in [2.24, 2.45) is 0 Å². The van der Waals surface area contributed by atoms with Crippen molar-refractivity contribution < 1.29 is 24.0 Å². The number of nitrogens with zero attached hydrogens (tertiary/aromatic N) is 2. The Morgan fingerprint density at radius 2 is 1.94 bits per heavy atom. The zero-order chi connectivity index (χ0) is 22.3. The summed E-state index contributed by atoms with van der Waals surface area (Å²) in [7, 11) is 1.55. The van der Waals surface area contributed by atoms with Gasteiger partial charge in [-0.1, -0.05) is 28.9 Å². The summed E-state index contributed by atoms with van der Waals surface area (Å²) in [6, 6.07) is 12.4. The summed E-state index contributed by atoms with van der Waals surface area (Å²) in [5.41, 5.74) is 1.66. The third-order valence-electron chi connectivity index (χ3n) is 5.14. The maximum atomic E-state index is 13.1. The number of hydrogen-bond acceptors (Lipinski definition) is 6. The van der Waals surface area contributed by atoms with Crippen LogP contribution in [0.4, 0.5) is 5.82 Å². The molecular weight excluding hydrogens is 420 g/mol. The second kappa shape index (κ2) is 7.92. The molecule has 1 aliphatic rings. The molecule has 0 aliphatic carbocycles. The van der Waals surface area contributed by atoms with E-state index in [0.717, 1.165) is 5.56 Å². The lowest BCUT2D eigenvalue weighted by Crippen LogP contribution is -2.29. The summed E-state index contributed by atoms with van der Waals surface area (Å²) in [6.07, 6.45) is 0. The Balaban J connectivity index is 1.94. The van der Waals surface area contributed by atoms with E-state index in [1.165, 1.54) is 4.90 Å². The number of carbonyl (C=O) groups excluding carboxylic acids is 2. The van der Waals surface area contributed by atoms with Crippen LogP contribution in [0.2, 0.25) is 5.02 Å². The second-order valence-electron chi connectivity index (χ2n) is 7.20. The molecule has 0 saturated carbocycles. The van der Waals surface area contributed by atoms with Gasteiger partial charge in [-0.25, -0.2) is 0 Å². The van der Waals surface area contributed by atoms with Crippen molar-refractivity contribution in [3.05, 3.63) is 81.6 Å². The molecule has 0 unspecified atom stereocenters. The first-order valence-corrected chi connectivity index (χ1v) is 9.84. The van der Waals surface area contributed by atoms with Crippen LogP contribution in [-0.2, 0) is 9.59 Å². The predicted octanol–water partition coefficient (Wildman–Crippen LogP) is 4.58. The maximum absolute atomic E-state index is 13.1. The smallest absolute Gasteiger partial charge is 0.301 e. The number of aliphatic hydroxyl groups is 1. The molecule has 2 aromatic carbocycles. The molecule has 2 heterocycles. The van der Waals surface area contributed by atoms with Gasteiger partial charge in [-0.05, 0) is 55.3 Å². The zero-order valence-corrected chi connectivity index (χ0v) is 17.8. The quantitative estimate of drug-likeness (QED) is 0.364. The molecule has 1 atom stereocenters. The Morgan fingerprint density at radius 1 is 1.16 bits per heavy atom. The fourth-order valence-corrected chi connectivity index (χ4v) is 3.91. The first-order valence-electron chi connectivity index (χ1n) is 9.46. The molecule has 0 spiro atoms. The molecule has 1 N–H and O–H groups in total. The number of amides is 1. The number of anilines is 1. The minimum absolute atomic E-state index is 0.0579. The Kier molecular flexibility index (Phi) is 5.29. The number of Topliss-reactive ketones (excluding diaryl/α,β-unsaturated/α-hetero) is 1. The van der Waals surface area contributed by atoms with Crippen molar-refractivity contribution in [3.63, 3.8) is 0 Å². The molecule has 7 nitrogen and oxygen atoms in total. The van der Waals surface area contributed by atoms with Gasteiger partial charge in [0, 0.05) is 16.7 Å². The number of carbonyl (C=O) groups is 2. The fraction of sp³-hybridized carbons (Fsp3) is 0.174. The lowest BCUT2D eigenvalue weighted by Gasteiger charge is -2.23. The molecule has 4 rings (SSSR count). The van der Waals surface area contributed by atoms with Crippen LogP contribution in [0, 0.1) is 13.8 Å². The highest BCUT2D eigenvalue weighted by Crippen LogP contribution is 2.42. The van der Waals surface area contributed by atoms with Crippen molar-refractivity contribution in [2.45, 2.75) is 19.9 Å². The number of rotatable bonds is 4. The van der Waals surface area contributed by atoms with Crippen LogP contribution in [0.1, 0.15) is 28.5 Å². The lowest BCUT2D eigenvalue weighted by molar-refractivity contribution is -0.132. The van der Waals surface area contributed by atoms with Crippen molar-refractivity contribution in [3.8, 4) is 5.75 Å². The fourth-order valence-electron chi connectivity index (χ4n) is 3.71. The number of ether oxygens (including phenoxy) is 1. The minimum atomic E-state index is -0.925. The Hall–Kier alpha value is -3.58. The third-order valence-corrected chi connectivity index (χ3v) is 5.37. The number of halogens is 1. The van der Waals surface area contributed by atoms with Gasteiger partial charge in [0.05, 0.1) is 18.7 Å². The van der Waals surface area contributed by atoms with Gasteiger partial charge in [0.2, 0.25) is 0 Å². The van der Waals surface area contributed by atoms with Crippen LogP contribution in [0.15, 0.2) is 58.6 Å². The average molecular weight is 439 g/mol. The van der Waals surface area contributed by atoms with Crippen LogP contribution in [0.25, 0.3) is 5.76 Å². The number of aliphatic hydroxyl groups excluding tert-OH is 1. The number of aromatic nitrogens is 1. The normalized spacial score (nSPS) is 17.9. The van der Waals surface area contributed by atoms with E-state index in [1.54, 1.807) is 62.6 Å². The van der Waals surface area contributed by atoms with E-state index >= 15 is 0 Å². The Labute approximate surface area is 183 Å². The van der Waals surface area contributed by atoms with Crippen LogP contribution in [0.5, 0.6) is 5.75 Å². The van der Waals surface area contributed by atoms with Crippen LogP contribution in [0.3, 0.4) is 0 Å². The molecule has 1 aromatic heterocycles. The van der Waals surface area contributed by atoms with E-state index in [-0.39, 0.29) is 17.2 Å². The van der Waals surface area contributed by atoms with Crippen LogP contribution in [-0.4, -0.2) is 29.1 Å². The van der Waals surface area contributed by atoms with Crippen molar-refractivity contribution in [2.75, 3.05) is 12.0 Å². The maximum Gasteiger partial charge on any atom is 0.301 e. The Morgan fingerprint density at radius 3 is 2.55 bits per heavy atom. The summed E-state index contributed by atoms with van der Waals surface area (Å²) in [5.74, 6) is -0.637. The van der Waals surface area contributed by atoms with Crippen LogP contribution >= 0.6 is 11.6 Å². The van der Waals surface area contributed by atoms with Crippen molar-refractivity contribution in [1.82, 2.24) is 5.16 Å². The minimum Gasteiger partial charge on any atom is -0.507 e. The van der Waals surface area contributed by atoms with Gasteiger partial charge in [0.15, 0.2) is 5.82 Å². The van der Waals surface area contributed by atoms with Gasteiger partial charge in [-0.2, -0.15) is 0 Å². The third kappa shape index (κ3) is 3.57. The number of hydrogen-bond donors (Lipinski definition) is 1.